The van der Waals surface area contributed by atoms with Gasteiger partial charge in [-0.1, -0.05) is 13.3 Å². The third-order valence-electron chi connectivity index (χ3n) is 4.61. The topological polar surface area (TPSA) is 47.6 Å². The Morgan fingerprint density at radius 3 is 2.75 bits per heavy atom. The van der Waals surface area contributed by atoms with Crippen molar-refractivity contribution in [2.75, 3.05) is 26.4 Å². The van der Waals surface area contributed by atoms with Gasteiger partial charge in [0.15, 0.2) is 0 Å². The second kappa shape index (κ2) is 7.41. The van der Waals surface area contributed by atoms with E-state index in [1.54, 1.807) is 0 Å². The third-order valence-corrected chi connectivity index (χ3v) is 4.61. The number of carbonyl (C=O) groups excluding carboxylic acids is 1. The van der Waals surface area contributed by atoms with E-state index in [1.165, 1.54) is 12.8 Å². The lowest BCUT2D eigenvalue weighted by molar-refractivity contribution is -0.153. The summed E-state index contributed by atoms with van der Waals surface area (Å²) in [6.07, 6.45) is 6.70. The SMILES string of the molecule is CCNC1(C(=O)OCC)CCCC1CCOCC1CC1. The van der Waals surface area contributed by atoms with E-state index in [1.807, 2.05) is 6.92 Å². The van der Waals surface area contributed by atoms with Gasteiger partial charge in [-0.3, -0.25) is 4.79 Å². The van der Waals surface area contributed by atoms with Crippen molar-refractivity contribution in [2.45, 2.75) is 57.9 Å². The van der Waals surface area contributed by atoms with Crippen LogP contribution in [0.4, 0.5) is 0 Å². The van der Waals surface area contributed by atoms with Crippen molar-refractivity contribution in [1.82, 2.24) is 5.32 Å². The van der Waals surface area contributed by atoms with Crippen molar-refractivity contribution in [2.24, 2.45) is 11.8 Å². The Hall–Kier alpha value is -0.610. The van der Waals surface area contributed by atoms with Crippen LogP contribution in [0.3, 0.4) is 0 Å². The van der Waals surface area contributed by atoms with Crippen LogP contribution >= 0.6 is 0 Å². The van der Waals surface area contributed by atoms with Crippen LogP contribution in [0.25, 0.3) is 0 Å². The predicted molar refractivity (Wildman–Crippen MR) is 78.5 cm³/mol. The molecule has 2 rings (SSSR count). The number of rotatable bonds is 9. The Labute approximate surface area is 122 Å². The molecule has 0 amide bonds. The molecule has 0 aromatic rings. The highest BCUT2D eigenvalue weighted by Gasteiger charge is 2.49. The number of hydrogen-bond donors (Lipinski definition) is 1. The summed E-state index contributed by atoms with van der Waals surface area (Å²) in [4.78, 5) is 12.4. The van der Waals surface area contributed by atoms with Gasteiger partial charge in [0.05, 0.1) is 6.61 Å². The molecule has 0 aromatic heterocycles. The molecule has 0 spiro atoms. The summed E-state index contributed by atoms with van der Waals surface area (Å²) in [7, 11) is 0. The van der Waals surface area contributed by atoms with E-state index in [0.29, 0.717) is 12.5 Å². The number of nitrogens with one attached hydrogen (secondary N) is 1. The van der Waals surface area contributed by atoms with E-state index in [0.717, 1.165) is 51.4 Å². The molecular formula is C16H29NO3. The van der Waals surface area contributed by atoms with Gasteiger partial charge in [0.1, 0.15) is 5.54 Å². The van der Waals surface area contributed by atoms with E-state index in [4.69, 9.17) is 9.47 Å². The van der Waals surface area contributed by atoms with Crippen LogP contribution in [0.5, 0.6) is 0 Å². The first-order valence-corrected chi connectivity index (χ1v) is 8.23. The van der Waals surface area contributed by atoms with Gasteiger partial charge in [-0.25, -0.2) is 0 Å². The monoisotopic (exact) mass is 283 g/mol. The minimum absolute atomic E-state index is 0.0634. The molecule has 0 radical (unpaired) electrons. The zero-order chi connectivity index (χ0) is 14.4. The Bertz CT molecular complexity index is 317. The predicted octanol–water partition coefficient (Wildman–Crippen LogP) is 2.51. The summed E-state index contributed by atoms with van der Waals surface area (Å²) in [6, 6.07) is 0. The maximum Gasteiger partial charge on any atom is 0.326 e. The summed E-state index contributed by atoms with van der Waals surface area (Å²) < 4.78 is 11.1. The standard InChI is InChI=1S/C16H29NO3/c1-3-17-16(15(18)20-4-2)10-5-6-14(16)9-11-19-12-13-7-8-13/h13-14,17H,3-12H2,1-2H3. The Balaban J connectivity index is 1.87. The quantitative estimate of drug-likeness (QED) is 0.522. The highest BCUT2D eigenvalue weighted by Crippen LogP contribution is 2.39. The van der Waals surface area contributed by atoms with Crippen LogP contribution < -0.4 is 5.32 Å². The Morgan fingerprint density at radius 2 is 2.10 bits per heavy atom. The first-order chi connectivity index (χ1) is 9.73. The van der Waals surface area contributed by atoms with Gasteiger partial charge in [-0.2, -0.15) is 0 Å². The first-order valence-electron chi connectivity index (χ1n) is 8.23. The van der Waals surface area contributed by atoms with Crippen molar-refractivity contribution < 1.29 is 14.3 Å². The first kappa shape index (κ1) is 15.8. The maximum absolute atomic E-state index is 12.4. The van der Waals surface area contributed by atoms with Crippen LogP contribution in [0.1, 0.15) is 52.4 Å². The molecule has 0 saturated heterocycles. The molecule has 0 aromatic carbocycles. The fourth-order valence-corrected chi connectivity index (χ4v) is 3.38. The molecule has 0 bridgehead atoms. The van der Waals surface area contributed by atoms with Crippen LogP contribution in [0.15, 0.2) is 0 Å². The number of esters is 1. The summed E-state index contributed by atoms with van der Waals surface area (Å²) >= 11 is 0. The normalized spacial score (nSPS) is 29.6. The molecule has 2 fully saturated rings. The molecule has 2 atom stereocenters. The lowest BCUT2D eigenvalue weighted by Crippen LogP contribution is -2.55. The maximum atomic E-state index is 12.4. The molecule has 20 heavy (non-hydrogen) atoms. The fraction of sp³-hybridized carbons (Fsp3) is 0.938. The number of carbonyl (C=O) groups is 1. The molecule has 116 valence electrons. The van der Waals surface area contributed by atoms with Gasteiger partial charge in [0, 0.05) is 13.2 Å². The molecule has 2 saturated carbocycles. The zero-order valence-corrected chi connectivity index (χ0v) is 13.0. The molecule has 4 heteroatoms. The number of hydrogen-bond acceptors (Lipinski definition) is 4. The lowest BCUT2D eigenvalue weighted by Gasteiger charge is -2.34. The van der Waals surface area contributed by atoms with E-state index in [9.17, 15) is 4.79 Å². The number of ether oxygens (including phenoxy) is 2. The summed E-state index contributed by atoms with van der Waals surface area (Å²) in [6.45, 7) is 6.86. The Morgan fingerprint density at radius 1 is 1.30 bits per heavy atom. The van der Waals surface area contributed by atoms with Crippen LogP contribution in [-0.4, -0.2) is 37.9 Å². The second-order valence-electron chi connectivity index (χ2n) is 6.12. The van der Waals surface area contributed by atoms with Crippen LogP contribution in [0.2, 0.25) is 0 Å². The fourth-order valence-electron chi connectivity index (χ4n) is 3.38. The van der Waals surface area contributed by atoms with Crippen LogP contribution in [0, 0.1) is 11.8 Å². The van der Waals surface area contributed by atoms with Gasteiger partial charge < -0.3 is 14.8 Å². The summed E-state index contributed by atoms with van der Waals surface area (Å²) in [5.74, 6) is 1.09. The highest BCUT2D eigenvalue weighted by molar-refractivity contribution is 5.81. The smallest absolute Gasteiger partial charge is 0.326 e. The average Bonchev–Trinajstić information content (AvgIpc) is 3.17. The second-order valence-corrected chi connectivity index (χ2v) is 6.12. The van der Waals surface area contributed by atoms with Gasteiger partial charge in [0.25, 0.3) is 0 Å². The summed E-state index contributed by atoms with van der Waals surface area (Å²) in [5.41, 5.74) is -0.465. The van der Waals surface area contributed by atoms with E-state index < -0.39 is 5.54 Å². The van der Waals surface area contributed by atoms with Crippen molar-refractivity contribution in [3.05, 3.63) is 0 Å². The molecule has 2 aliphatic carbocycles. The third kappa shape index (κ3) is 3.73. The molecule has 2 unspecified atom stereocenters. The van der Waals surface area contributed by atoms with E-state index in [-0.39, 0.29) is 5.97 Å². The lowest BCUT2D eigenvalue weighted by atomic mass is 9.84. The van der Waals surface area contributed by atoms with Crippen molar-refractivity contribution in [1.29, 1.82) is 0 Å². The molecule has 2 aliphatic rings. The van der Waals surface area contributed by atoms with Gasteiger partial charge in [-0.05, 0) is 57.4 Å². The molecule has 0 aliphatic heterocycles. The minimum atomic E-state index is -0.465. The molecule has 4 nitrogen and oxygen atoms in total. The van der Waals surface area contributed by atoms with E-state index in [2.05, 4.69) is 12.2 Å². The van der Waals surface area contributed by atoms with Gasteiger partial charge >= 0.3 is 5.97 Å². The highest BCUT2D eigenvalue weighted by atomic mass is 16.5. The van der Waals surface area contributed by atoms with Crippen LogP contribution in [-0.2, 0) is 14.3 Å². The van der Waals surface area contributed by atoms with Crippen molar-refractivity contribution >= 4 is 5.97 Å². The molecule has 1 N–H and O–H groups in total. The molecular weight excluding hydrogens is 254 g/mol. The average molecular weight is 283 g/mol. The van der Waals surface area contributed by atoms with Gasteiger partial charge in [-0.15, -0.1) is 0 Å². The number of likely N-dealkylation sites (N-methyl/N-ethyl adjacent to an activating group) is 1. The van der Waals surface area contributed by atoms with E-state index >= 15 is 0 Å². The zero-order valence-electron chi connectivity index (χ0n) is 13.0. The minimum Gasteiger partial charge on any atom is -0.465 e. The largest absolute Gasteiger partial charge is 0.465 e. The van der Waals surface area contributed by atoms with Crippen molar-refractivity contribution in [3.8, 4) is 0 Å². The summed E-state index contributed by atoms with van der Waals surface area (Å²) in [5, 5.41) is 3.42. The van der Waals surface area contributed by atoms with Gasteiger partial charge in [0.2, 0.25) is 0 Å². The Kier molecular flexibility index (Phi) is 5.85. The molecule has 0 heterocycles. The van der Waals surface area contributed by atoms with Crippen molar-refractivity contribution in [3.63, 3.8) is 0 Å².